The van der Waals surface area contributed by atoms with Crippen LogP contribution in [0.1, 0.15) is 5.69 Å². The Morgan fingerprint density at radius 3 is 2.21 bits per heavy atom. The van der Waals surface area contributed by atoms with Crippen LogP contribution in [-0.4, -0.2) is 10.2 Å². The van der Waals surface area contributed by atoms with E-state index in [9.17, 15) is 10.2 Å². The van der Waals surface area contributed by atoms with Gasteiger partial charge in [-0.25, -0.2) is 4.57 Å². The van der Waals surface area contributed by atoms with Crippen molar-refractivity contribution in [2.75, 3.05) is 0 Å². The molecular formula is C11H12NO2+. The van der Waals surface area contributed by atoms with Crippen molar-refractivity contribution in [3.05, 3.63) is 30.1 Å². The van der Waals surface area contributed by atoms with E-state index in [2.05, 4.69) is 0 Å². The molecule has 0 atom stereocenters. The van der Waals surface area contributed by atoms with Gasteiger partial charge in [-0.2, -0.15) is 0 Å². The summed E-state index contributed by atoms with van der Waals surface area (Å²) in [6.45, 7) is 1.99. The second-order valence-electron chi connectivity index (χ2n) is 3.50. The molecule has 3 nitrogen and oxygen atoms in total. The molecule has 0 saturated carbocycles. The summed E-state index contributed by atoms with van der Waals surface area (Å²) >= 11 is 0. The van der Waals surface area contributed by atoms with Crippen LogP contribution in [0.4, 0.5) is 0 Å². The molecule has 0 saturated heterocycles. The van der Waals surface area contributed by atoms with Gasteiger partial charge in [0.2, 0.25) is 0 Å². The molecule has 0 radical (unpaired) electrons. The molecule has 1 aromatic heterocycles. The molecule has 0 fully saturated rings. The topological polar surface area (TPSA) is 44.3 Å². The summed E-state index contributed by atoms with van der Waals surface area (Å²) in [7, 11) is 1.94. The Bertz CT molecular complexity index is 417. The number of nitrogens with zero attached hydrogens (tertiary/aromatic N) is 1. The molecule has 14 heavy (non-hydrogen) atoms. The number of rotatable bonds is 0. The lowest BCUT2D eigenvalue weighted by atomic mass is 10.1. The Morgan fingerprint density at radius 2 is 1.57 bits per heavy atom. The predicted molar refractivity (Wildman–Crippen MR) is 53.2 cm³/mol. The first-order valence-corrected chi connectivity index (χ1v) is 4.40. The van der Waals surface area contributed by atoms with Gasteiger partial charge in [0.15, 0.2) is 23.4 Å². The van der Waals surface area contributed by atoms with Crippen molar-refractivity contribution < 1.29 is 14.8 Å². The normalized spacial score (nSPS) is 10.7. The first-order valence-electron chi connectivity index (χ1n) is 4.40. The summed E-state index contributed by atoms with van der Waals surface area (Å²) in [5.74, 6) is -0.160. The van der Waals surface area contributed by atoms with E-state index >= 15 is 0 Å². The van der Waals surface area contributed by atoms with Crippen LogP contribution in [0.25, 0.3) is 10.8 Å². The van der Waals surface area contributed by atoms with E-state index in [0.29, 0.717) is 0 Å². The molecule has 2 aromatic rings. The zero-order valence-electron chi connectivity index (χ0n) is 8.15. The van der Waals surface area contributed by atoms with Crippen molar-refractivity contribution in [1.29, 1.82) is 0 Å². The highest BCUT2D eigenvalue weighted by atomic mass is 16.3. The van der Waals surface area contributed by atoms with Crippen LogP contribution >= 0.6 is 0 Å². The lowest BCUT2D eigenvalue weighted by Crippen LogP contribution is -2.30. The number of aryl methyl sites for hydroxylation is 2. The Hall–Kier alpha value is -1.77. The first kappa shape index (κ1) is 8.81. The first-order chi connectivity index (χ1) is 6.58. The summed E-state index contributed by atoms with van der Waals surface area (Å²) in [6.07, 6.45) is 1.92. The monoisotopic (exact) mass is 190 g/mol. The van der Waals surface area contributed by atoms with Gasteiger partial charge in [0, 0.05) is 18.4 Å². The summed E-state index contributed by atoms with van der Waals surface area (Å²) < 4.78 is 1.97. The number of phenolic OH excluding ortho intramolecular Hbond substituents is 2. The quantitative estimate of drug-likeness (QED) is 0.487. The van der Waals surface area contributed by atoms with E-state index in [1.807, 2.05) is 30.8 Å². The van der Waals surface area contributed by atoms with E-state index in [1.165, 1.54) is 0 Å². The van der Waals surface area contributed by atoms with Gasteiger partial charge in [-0.1, -0.05) is 0 Å². The number of pyridine rings is 1. The molecule has 0 spiro atoms. The van der Waals surface area contributed by atoms with Crippen molar-refractivity contribution in [2.45, 2.75) is 6.92 Å². The molecule has 0 unspecified atom stereocenters. The van der Waals surface area contributed by atoms with Crippen LogP contribution in [0.15, 0.2) is 24.4 Å². The molecule has 0 aliphatic rings. The minimum absolute atomic E-state index is 0.0780. The Labute approximate surface area is 81.9 Å². The van der Waals surface area contributed by atoms with Gasteiger partial charge in [-0.15, -0.1) is 0 Å². The molecule has 0 aliphatic heterocycles. The molecular weight excluding hydrogens is 178 g/mol. The fourth-order valence-electron chi connectivity index (χ4n) is 1.48. The van der Waals surface area contributed by atoms with Crippen molar-refractivity contribution in [3.63, 3.8) is 0 Å². The fourth-order valence-corrected chi connectivity index (χ4v) is 1.48. The third-order valence-corrected chi connectivity index (χ3v) is 2.43. The summed E-state index contributed by atoms with van der Waals surface area (Å²) in [5, 5.41) is 20.5. The van der Waals surface area contributed by atoms with Crippen molar-refractivity contribution in [2.24, 2.45) is 7.05 Å². The zero-order chi connectivity index (χ0) is 10.3. The predicted octanol–water partition coefficient (Wildman–Crippen LogP) is 1.38. The van der Waals surface area contributed by atoms with Crippen LogP contribution in [0.2, 0.25) is 0 Å². The maximum absolute atomic E-state index is 9.32. The maximum Gasteiger partial charge on any atom is 0.178 e. The van der Waals surface area contributed by atoms with Gasteiger partial charge in [0.1, 0.15) is 7.05 Å². The van der Waals surface area contributed by atoms with Gasteiger partial charge in [0.25, 0.3) is 0 Å². The van der Waals surface area contributed by atoms with Gasteiger partial charge in [-0.3, -0.25) is 0 Å². The van der Waals surface area contributed by atoms with E-state index < -0.39 is 0 Å². The van der Waals surface area contributed by atoms with Gasteiger partial charge in [-0.05, 0) is 17.5 Å². The Morgan fingerprint density at radius 1 is 1.00 bits per heavy atom. The van der Waals surface area contributed by atoms with Crippen LogP contribution < -0.4 is 4.57 Å². The molecule has 72 valence electrons. The largest absolute Gasteiger partial charge is 0.504 e. The van der Waals surface area contributed by atoms with Crippen LogP contribution in [-0.2, 0) is 7.05 Å². The number of aromatic nitrogens is 1. The minimum Gasteiger partial charge on any atom is -0.504 e. The Kier molecular flexibility index (Phi) is 1.81. The second kappa shape index (κ2) is 2.87. The van der Waals surface area contributed by atoms with E-state index in [0.717, 1.165) is 16.5 Å². The third kappa shape index (κ3) is 1.27. The molecule has 2 N–H and O–H groups in total. The highest BCUT2D eigenvalue weighted by Crippen LogP contribution is 2.29. The number of phenols is 2. The SMILES string of the molecule is Cc1cc2cc(O)c(O)cc2c[n+]1C. The van der Waals surface area contributed by atoms with E-state index in [-0.39, 0.29) is 11.5 Å². The number of hydrogen-bond donors (Lipinski definition) is 2. The van der Waals surface area contributed by atoms with E-state index in [1.54, 1.807) is 12.1 Å². The molecule has 0 bridgehead atoms. The van der Waals surface area contributed by atoms with Crippen LogP contribution in [0, 0.1) is 6.92 Å². The maximum atomic E-state index is 9.32. The summed E-state index contributed by atoms with van der Waals surface area (Å²) in [5.41, 5.74) is 1.10. The Balaban J connectivity index is 2.83. The molecule has 1 aromatic carbocycles. The second-order valence-corrected chi connectivity index (χ2v) is 3.50. The standard InChI is InChI=1S/C11H11NO2/c1-7-3-8-4-10(13)11(14)5-9(8)6-12(7)2/h3-6,14H,1-2H3/p+1. The third-order valence-electron chi connectivity index (χ3n) is 2.43. The average molecular weight is 190 g/mol. The lowest BCUT2D eigenvalue weighted by molar-refractivity contribution is -0.676. The van der Waals surface area contributed by atoms with Crippen molar-refractivity contribution in [1.82, 2.24) is 0 Å². The highest BCUT2D eigenvalue weighted by Gasteiger charge is 2.07. The van der Waals surface area contributed by atoms with E-state index in [4.69, 9.17) is 0 Å². The number of hydrogen-bond acceptors (Lipinski definition) is 2. The van der Waals surface area contributed by atoms with Gasteiger partial charge < -0.3 is 10.2 Å². The van der Waals surface area contributed by atoms with Crippen molar-refractivity contribution in [3.8, 4) is 11.5 Å². The number of aromatic hydroxyl groups is 2. The van der Waals surface area contributed by atoms with Crippen molar-refractivity contribution >= 4 is 10.8 Å². The molecule has 1 heterocycles. The summed E-state index contributed by atoms with van der Waals surface area (Å²) in [4.78, 5) is 0. The minimum atomic E-state index is -0.0821. The van der Waals surface area contributed by atoms with Crippen LogP contribution in [0.5, 0.6) is 11.5 Å². The molecule has 0 aliphatic carbocycles. The van der Waals surface area contributed by atoms with Crippen LogP contribution in [0.3, 0.4) is 0 Å². The van der Waals surface area contributed by atoms with Gasteiger partial charge >= 0.3 is 0 Å². The highest BCUT2D eigenvalue weighted by molar-refractivity contribution is 5.84. The summed E-state index contributed by atoms with van der Waals surface area (Å²) in [6, 6.07) is 5.09. The lowest BCUT2D eigenvalue weighted by Gasteiger charge is -2.01. The number of fused-ring (bicyclic) bond motifs is 1. The molecule has 3 heteroatoms. The van der Waals surface area contributed by atoms with Gasteiger partial charge in [0.05, 0.1) is 0 Å². The zero-order valence-corrected chi connectivity index (χ0v) is 8.15. The molecule has 0 amide bonds. The fraction of sp³-hybridized carbons (Fsp3) is 0.182. The average Bonchev–Trinajstić information content (AvgIpc) is 2.11. The number of benzene rings is 1. The smallest absolute Gasteiger partial charge is 0.178 e. The molecule has 2 rings (SSSR count).